The van der Waals surface area contributed by atoms with Gasteiger partial charge in [0.15, 0.2) is 5.96 Å². The molecule has 0 fully saturated rings. The molecule has 0 atom stereocenters. The maximum absolute atomic E-state index is 11.8. The molecule has 2 N–H and O–H groups in total. The summed E-state index contributed by atoms with van der Waals surface area (Å²) in [5, 5.41) is 6.23. The van der Waals surface area contributed by atoms with E-state index in [0.717, 1.165) is 22.4 Å². The summed E-state index contributed by atoms with van der Waals surface area (Å²) in [6, 6.07) is 6.02. The van der Waals surface area contributed by atoms with Gasteiger partial charge >= 0.3 is 0 Å². The number of methoxy groups -OCH3 is 1. The zero-order chi connectivity index (χ0) is 20.2. The lowest BCUT2D eigenvalue weighted by atomic mass is 10.1. The second kappa shape index (κ2) is 14.2. The number of hydrogen-bond donors (Lipinski definition) is 2. The number of amides is 1. The van der Waals surface area contributed by atoms with E-state index in [9.17, 15) is 4.79 Å². The van der Waals surface area contributed by atoms with Crippen LogP contribution in [0.1, 0.15) is 18.1 Å². The van der Waals surface area contributed by atoms with E-state index in [-0.39, 0.29) is 36.4 Å². The van der Waals surface area contributed by atoms with Crippen LogP contribution in [0.15, 0.2) is 35.3 Å². The largest absolute Gasteiger partial charge is 0.491 e. The molecule has 7 nitrogen and oxygen atoms in total. The number of rotatable bonds is 10. The first-order valence-corrected chi connectivity index (χ1v) is 8.91. The summed E-state index contributed by atoms with van der Waals surface area (Å²) >= 11 is 0. The molecule has 1 amide bonds. The number of aliphatic imine (C=N–C) groups is 1. The van der Waals surface area contributed by atoms with Gasteiger partial charge in [-0.1, -0.05) is 24.3 Å². The van der Waals surface area contributed by atoms with Crippen LogP contribution in [0.3, 0.4) is 0 Å². The topological polar surface area (TPSA) is 75.2 Å². The molecule has 0 radical (unpaired) electrons. The van der Waals surface area contributed by atoms with E-state index in [1.54, 1.807) is 21.2 Å². The lowest BCUT2D eigenvalue weighted by Crippen LogP contribution is -2.43. The quantitative estimate of drug-likeness (QED) is 0.168. The first kappa shape index (κ1) is 26.2. The monoisotopic (exact) mass is 504 g/mol. The van der Waals surface area contributed by atoms with Crippen LogP contribution in [0.5, 0.6) is 5.75 Å². The van der Waals surface area contributed by atoms with Crippen molar-refractivity contribution >= 4 is 35.8 Å². The lowest BCUT2D eigenvalue weighted by Gasteiger charge is -2.16. The Morgan fingerprint density at radius 3 is 2.50 bits per heavy atom. The number of carbonyl (C=O) groups excluding carboxylic acids is 1. The average Bonchev–Trinajstić information content (AvgIpc) is 2.61. The van der Waals surface area contributed by atoms with Crippen molar-refractivity contribution in [2.24, 2.45) is 4.99 Å². The summed E-state index contributed by atoms with van der Waals surface area (Å²) < 4.78 is 10.9. The molecule has 0 aliphatic rings. The van der Waals surface area contributed by atoms with Crippen molar-refractivity contribution in [1.82, 2.24) is 15.5 Å². The van der Waals surface area contributed by atoms with Gasteiger partial charge in [-0.25, -0.2) is 4.99 Å². The SMILES string of the molecule is C=C(C)CNC(=NCc1ccc(C)cc1OCCOC)NCC(=O)N(C)C.I. The van der Waals surface area contributed by atoms with Gasteiger partial charge in [0.2, 0.25) is 5.91 Å². The predicted octanol–water partition coefficient (Wildman–Crippen LogP) is 2.34. The van der Waals surface area contributed by atoms with Crippen LogP contribution in [-0.4, -0.2) is 64.3 Å². The van der Waals surface area contributed by atoms with Gasteiger partial charge in [0, 0.05) is 33.3 Å². The summed E-state index contributed by atoms with van der Waals surface area (Å²) in [7, 11) is 5.08. The number of guanidine groups is 1. The van der Waals surface area contributed by atoms with E-state index in [2.05, 4.69) is 22.2 Å². The molecule has 0 heterocycles. The van der Waals surface area contributed by atoms with E-state index in [1.807, 2.05) is 32.0 Å². The van der Waals surface area contributed by atoms with Crippen molar-refractivity contribution in [1.29, 1.82) is 0 Å². The van der Waals surface area contributed by atoms with E-state index in [1.165, 1.54) is 4.90 Å². The van der Waals surface area contributed by atoms with Gasteiger partial charge in [0.25, 0.3) is 0 Å². The van der Waals surface area contributed by atoms with Crippen LogP contribution in [0.4, 0.5) is 0 Å². The third-order valence-electron chi connectivity index (χ3n) is 3.64. The molecule has 0 bridgehead atoms. The Hall–Kier alpha value is -1.81. The Bertz CT molecular complexity index is 663. The summed E-state index contributed by atoms with van der Waals surface area (Å²) in [5.41, 5.74) is 3.06. The number of halogens is 1. The molecule has 1 aromatic rings. The maximum Gasteiger partial charge on any atom is 0.241 e. The van der Waals surface area contributed by atoms with Crippen LogP contribution in [0.25, 0.3) is 0 Å². The minimum atomic E-state index is -0.0289. The highest BCUT2D eigenvalue weighted by Crippen LogP contribution is 2.21. The maximum atomic E-state index is 11.8. The molecule has 0 saturated carbocycles. The third kappa shape index (κ3) is 10.5. The standard InChI is InChI=1S/C20H32N4O3.HI/c1-15(2)12-21-20(23-14-19(25)24(4)5)22-13-17-8-7-16(3)11-18(17)27-10-9-26-6;/h7-8,11H,1,9-10,12-14H2,2-6H3,(H2,21,22,23);1H. The van der Waals surface area contributed by atoms with Crippen molar-refractivity contribution in [3.05, 3.63) is 41.5 Å². The molecule has 1 rings (SSSR count). The van der Waals surface area contributed by atoms with Crippen molar-refractivity contribution < 1.29 is 14.3 Å². The molecule has 0 aromatic heterocycles. The number of aryl methyl sites for hydroxylation is 1. The van der Waals surface area contributed by atoms with Crippen LogP contribution in [0.2, 0.25) is 0 Å². The summed E-state index contributed by atoms with van der Waals surface area (Å²) in [5.74, 6) is 1.31. The Balaban J connectivity index is 0.00000729. The van der Waals surface area contributed by atoms with E-state index < -0.39 is 0 Å². The number of nitrogens with one attached hydrogen (secondary N) is 2. The lowest BCUT2D eigenvalue weighted by molar-refractivity contribution is -0.127. The molecular formula is C20H33IN4O3. The van der Waals surface area contributed by atoms with E-state index >= 15 is 0 Å². The van der Waals surface area contributed by atoms with E-state index in [4.69, 9.17) is 9.47 Å². The Morgan fingerprint density at radius 2 is 1.89 bits per heavy atom. The molecule has 0 aliphatic heterocycles. The highest BCUT2D eigenvalue weighted by atomic mass is 127. The normalized spacial score (nSPS) is 10.7. The number of likely N-dealkylation sites (N-methyl/N-ethyl adjacent to an activating group) is 1. The first-order chi connectivity index (χ1) is 12.8. The fourth-order valence-electron chi connectivity index (χ4n) is 2.05. The highest BCUT2D eigenvalue weighted by molar-refractivity contribution is 14.0. The van der Waals surface area contributed by atoms with E-state index in [0.29, 0.717) is 32.3 Å². The van der Waals surface area contributed by atoms with Crippen molar-refractivity contribution in [2.45, 2.75) is 20.4 Å². The molecule has 0 spiro atoms. The number of benzene rings is 1. The zero-order valence-corrected chi connectivity index (χ0v) is 19.8. The molecule has 0 aliphatic carbocycles. The fraction of sp³-hybridized carbons (Fsp3) is 0.500. The van der Waals surface area contributed by atoms with Crippen LogP contribution >= 0.6 is 24.0 Å². The second-order valence-corrected chi connectivity index (χ2v) is 6.57. The number of nitrogens with zero attached hydrogens (tertiary/aromatic N) is 2. The van der Waals surface area contributed by atoms with Gasteiger partial charge in [-0.05, 0) is 25.5 Å². The van der Waals surface area contributed by atoms with Crippen molar-refractivity contribution in [3.8, 4) is 5.75 Å². The highest BCUT2D eigenvalue weighted by Gasteiger charge is 2.08. The summed E-state index contributed by atoms with van der Waals surface area (Å²) in [4.78, 5) is 17.9. The molecule has 0 unspecified atom stereocenters. The number of ether oxygens (including phenoxy) is 2. The van der Waals surface area contributed by atoms with Gasteiger partial charge in [-0.3, -0.25) is 4.79 Å². The van der Waals surface area contributed by atoms with Gasteiger partial charge < -0.3 is 25.0 Å². The molecular weight excluding hydrogens is 471 g/mol. The van der Waals surface area contributed by atoms with Gasteiger partial charge in [-0.15, -0.1) is 24.0 Å². The van der Waals surface area contributed by atoms with Gasteiger partial charge in [0.05, 0.1) is 19.7 Å². The molecule has 8 heteroatoms. The Morgan fingerprint density at radius 1 is 1.21 bits per heavy atom. The number of carbonyl (C=O) groups is 1. The molecule has 1 aromatic carbocycles. The first-order valence-electron chi connectivity index (χ1n) is 8.91. The minimum Gasteiger partial charge on any atom is -0.491 e. The van der Waals surface area contributed by atoms with Crippen molar-refractivity contribution in [2.75, 3.05) is 47.5 Å². The molecule has 158 valence electrons. The summed E-state index contributed by atoms with van der Waals surface area (Å²) in [6.45, 7) is 10.00. The van der Waals surface area contributed by atoms with Crippen LogP contribution < -0.4 is 15.4 Å². The Kier molecular flexibility index (Phi) is 13.3. The molecule has 28 heavy (non-hydrogen) atoms. The number of hydrogen-bond acceptors (Lipinski definition) is 4. The zero-order valence-electron chi connectivity index (χ0n) is 17.5. The van der Waals surface area contributed by atoms with Crippen LogP contribution in [0, 0.1) is 6.92 Å². The average molecular weight is 504 g/mol. The van der Waals surface area contributed by atoms with Gasteiger partial charge in [-0.2, -0.15) is 0 Å². The third-order valence-corrected chi connectivity index (χ3v) is 3.64. The van der Waals surface area contributed by atoms with Crippen LogP contribution in [-0.2, 0) is 16.1 Å². The van der Waals surface area contributed by atoms with Crippen molar-refractivity contribution in [3.63, 3.8) is 0 Å². The fourth-order valence-corrected chi connectivity index (χ4v) is 2.05. The smallest absolute Gasteiger partial charge is 0.241 e. The second-order valence-electron chi connectivity index (χ2n) is 6.57. The summed E-state index contributed by atoms with van der Waals surface area (Å²) in [6.07, 6.45) is 0. The van der Waals surface area contributed by atoms with Gasteiger partial charge in [0.1, 0.15) is 12.4 Å². The predicted molar refractivity (Wildman–Crippen MR) is 125 cm³/mol. The molecule has 0 saturated heterocycles. The Labute approximate surface area is 185 Å². The minimum absolute atomic E-state index is 0.